The average Bonchev–Trinajstić information content (AvgIpc) is 3.46. The van der Waals surface area contributed by atoms with Gasteiger partial charge in [0, 0.05) is 57.3 Å². The second-order valence-corrected chi connectivity index (χ2v) is 12.1. The molecule has 1 fully saturated rings. The van der Waals surface area contributed by atoms with E-state index in [1.807, 2.05) is 53.4 Å². The van der Waals surface area contributed by atoms with Crippen LogP contribution in [-0.2, 0) is 22.5 Å². The summed E-state index contributed by atoms with van der Waals surface area (Å²) in [5.74, 6) is 0.965. The standard InChI is InChI=1S/C36H45N5O5/c1-46-19-5-18-41-33-8-3-2-7-32(33)39-35(41)29-6-4-17-40(22-29)34(44)21-30(37)20-25-9-11-26(12-10-25)27-13-15-28(16-14-27)36(45)38-31(23-42)24-43/h2-3,7-16,29-31,42-43H,4-6,17-24,37H2,1H3,(H,38,45). The van der Waals surface area contributed by atoms with Gasteiger partial charge in [-0.15, -0.1) is 0 Å². The molecule has 1 aromatic heterocycles. The number of imidazole rings is 1. The van der Waals surface area contributed by atoms with Crippen molar-refractivity contribution in [2.24, 2.45) is 5.73 Å². The smallest absolute Gasteiger partial charge is 0.251 e. The highest BCUT2D eigenvalue weighted by molar-refractivity contribution is 5.94. The van der Waals surface area contributed by atoms with E-state index in [2.05, 4.69) is 22.0 Å². The number of fused-ring (bicyclic) bond motifs is 1. The van der Waals surface area contributed by atoms with Gasteiger partial charge in [-0.2, -0.15) is 0 Å². The van der Waals surface area contributed by atoms with E-state index in [0.717, 1.165) is 65.9 Å². The molecule has 0 spiro atoms. The van der Waals surface area contributed by atoms with Gasteiger partial charge >= 0.3 is 0 Å². The Balaban J connectivity index is 1.16. The molecule has 0 aliphatic carbocycles. The van der Waals surface area contributed by atoms with Crippen molar-refractivity contribution in [3.05, 3.63) is 89.7 Å². The van der Waals surface area contributed by atoms with Crippen LogP contribution in [0.5, 0.6) is 0 Å². The van der Waals surface area contributed by atoms with Crippen LogP contribution in [0.15, 0.2) is 72.8 Å². The average molecular weight is 628 g/mol. The Bertz CT molecular complexity index is 1580. The van der Waals surface area contributed by atoms with Crippen LogP contribution in [0.1, 0.15) is 53.3 Å². The molecule has 1 saturated heterocycles. The van der Waals surface area contributed by atoms with Crippen LogP contribution in [-0.4, -0.2) is 88.6 Å². The minimum atomic E-state index is -0.689. The number of aromatic nitrogens is 2. The van der Waals surface area contributed by atoms with Crippen molar-refractivity contribution in [1.29, 1.82) is 0 Å². The maximum Gasteiger partial charge on any atom is 0.251 e. The second kappa shape index (κ2) is 16.0. The second-order valence-electron chi connectivity index (χ2n) is 12.1. The first-order chi connectivity index (χ1) is 22.4. The third-order valence-electron chi connectivity index (χ3n) is 8.70. The van der Waals surface area contributed by atoms with Gasteiger partial charge in [-0.25, -0.2) is 4.98 Å². The lowest BCUT2D eigenvalue weighted by atomic mass is 9.95. The molecule has 5 N–H and O–H groups in total. The number of carbonyl (C=O) groups excluding carboxylic acids is 2. The number of piperidine rings is 1. The lowest BCUT2D eigenvalue weighted by Gasteiger charge is -2.33. The molecule has 1 aliphatic heterocycles. The van der Waals surface area contributed by atoms with Crippen molar-refractivity contribution >= 4 is 22.8 Å². The highest BCUT2D eigenvalue weighted by Crippen LogP contribution is 2.30. The number of hydrogen-bond acceptors (Lipinski definition) is 7. The van der Waals surface area contributed by atoms with Crippen molar-refractivity contribution < 1.29 is 24.5 Å². The lowest BCUT2D eigenvalue weighted by Crippen LogP contribution is -2.42. The molecule has 10 nitrogen and oxygen atoms in total. The normalized spacial score (nSPS) is 15.8. The highest BCUT2D eigenvalue weighted by Gasteiger charge is 2.29. The van der Waals surface area contributed by atoms with E-state index in [1.165, 1.54) is 0 Å². The number of ether oxygens (including phenoxy) is 1. The quantitative estimate of drug-likeness (QED) is 0.157. The molecular formula is C36H45N5O5. The largest absolute Gasteiger partial charge is 0.394 e. The van der Waals surface area contributed by atoms with Crippen molar-refractivity contribution in [3.63, 3.8) is 0 Å². The van der Waals surface area contributed by atoms with Crippen LogP contribution in [0.3, 0.4) is 0 Å². The minimum Gasteiger partial charge on any atom is -0.394 e. The van der Waals surface area contributed by atoms with Crippen molar-refractivity contribution in [2.45, 2.75) is 56.7 Å². The molecule has 0 saturated carbocycles. The summed E-state index contributed by atoms with van der Waals surface area (Å²) in [6.07, 6.45) is 3.72. The molecule has 2 atom stereocenters. The molecule has 0 radical (unpaired) electrons. The topological polar surface area (TPSA) is 143 Å². The number of nitrogens with zero attached hydrogens (tertiary/aromatic N) is 3. The number of likely N-dealkylation sites (tertiary alicyclic amines) is 1. The number of aryl methyl sites for hydroxylation is 1. The summed E-state index contributed by atoms with van der Waals surface area (Å²) in [6.45, 7) is 2.25. The number of rotatable bonds is 14. The Morgan fingerprint density at radius 1 is 1.02 bits per heavy atom. The van der Waals surface area contributed by atoms with Gasteiger partial charge in [0.15, 0.2) is 0 Å². The number of carbonyl (C=O) groups is 2. The Morgan fingerprint density at radius 2 is 1.72 bits per heavy atom. The van der Waals surface area contributed by atoms with Crippen molar-refractivity contribution in [1.82, 2.24) is 19.8 Å². The number of nitrogens with one attached hydrogen (secondary N) is 1. The maximum atomic E-state index is 13.4. The first-order valence-corrected chi connectivity index (χ1v) is 16.1. The zero-order chi connectivity index (χ0) is 32.5. The number of amides is 2. The van der Waals surface area contributed by atoms with Crippen LogP contribution in [0.4, 0.5) is 0 Å². The Kier molecular flexibility index (Phi) is 11.5. The van der Waals surface area contributed by atoms with Crippen molar-refractivity contribution in [2.75, 3.05) is 40.0 Å². The zero-order valence-corrected chi connectivity index (χ0v) is 26.5. The van der Waals surface area contributed by atoms with Gasteiger partial charge in [-0.1, -0.05) is 48.5 Å². The fraction of sp³-hybridized carbons (Fsp3) is 0.417. The third kappa shape index (κ3) is 8.19. The van der Waals surface area contributed by atoms with Gasteiger partial charge in [0.25, 0.3) is 5.91 Å². The van der Waals surface area contributed by atoms with Crippen LogP contribution in [0, 0.1) is 0 Å². The van der Waals surface area contributed by atoms with Gasteiger partial charge in [-0.05, 0) is 66.6 Å². The van der Waals surface area contributed by atoms with E-state index in [1.54, 1.807) is 19.2 Å². The summed E-state index contributed by atoms with van der Waals surface area (Å²) < 4.78 is 7.60. The van der Waals surface area contributed by atoms with Gasteiger partial charge in [-0.3, -0.25) is 9.59 Å². The maximum absolute atomic E-state index is 13.4. The number of hydrogen-bond donors (Lipinski definition) is 4. The van der Waals surface area contributed by atoms with Crippen LogP contribution < -0.4 is 11.1 Å². The molecule has 2 amide bonds. The van der Waals surface area contributed by atoms with Crippen LogP contribution in [0.25, 0.3) is 22.2 Å². The predicted octanol–water partition coefficient (Wildman–Crippen LogP) is 3.49. The SMILES string of the molecule is COCCCn1c(C2CCCN(C(=O)CC(N)Cc3ccc(-c4ccc(C(=O)NC(CO)CO)cc4)cc3)C2)nc2ccccc21. The molecule has 4 aromatic rings. The summed E-state index contributed by atoms with van der Waals surface area (Å²) in [7, 11) is 1.72. The fourth-order valence-corrected chi connectivity index (χ4v) is 6.22. The lowest BCUT2D eigenvalue weighted by molar-refractivity contribution is -0.132. The fourth-order valence-electron chi connectivity index (χ4n) is 6.22. The van der Waals surface area contributed by atoms with E-state index < -0.39 is 6.04 Å². The van der Waals surface area contributed by atoms with E-state index >= 15 is 0 Å². The molecule has 1 aliphatic rings. The van der Waals surface area contributed by atoms with E-state index in [0.29, 0.717) is 25.1 Å². The number of aliphatic hydroxyl groups is 2. The molecule has 5 rings (SSSR count). The molecular weight excluding hydrogens is 582 g/mol. The number of aliphatic hydroxyl groups excluding tert-OH is 2. The van der Waals surface area contributed by atoms with Gasteiger partial charge in [0.2, 0.25) is 5.91 Å². The zero-order valence-electron chi connectivity index (χ0n) is 26.5. The van der Waals surface area contributed by atoms with Gasteiger partial charge in [0.05, 0.1) is 30.3 Å². The van der Waals surface area contributed by atoms with Crippen LogP contribution >= 0.6 is 0 Å². The monoisotopic (exact) mass is 627 g/mol. The van der Waals surface area contributed by atoms with E-state index in [-0.39, 0.29) is 43.4 Å². The van der Waals surface area contributed by atoms with Gasteiger partial charge < -0.3 is 35.5 Å². The number of benzene rings is 3. The predicted molar refractivity (Wildman–Crippen MR) is 178 cm³/mol. The van der Waals surface area contributed by atoms with E-state index in [9.17, 15) is 19.8 Å². The Hall–Kier alpha value is -4.09. The summed E-state index contributed by atoms with van der Waals surface area (Å²) >= 11 is 0. The summed E-state index contributed by atoms with van der Waals surface area (Å²) in [6, 6.07) is 22.5. The minimum absolute atomic E-state index is 0.0873. The molecule has 10 heteroatoms. The Morgan fingerprint density at radius 3 is 2.41 bits per heavy atom. The summed E-state index contributed by atoms with van der Waals surface area (Å²) in [4.78, 5) is 32.7. The molecule has 46 heavy (non-hydrogen) atoms. The molecule has 3 aromatic carbocycles. The van der Waals surface area contributed by atoms with E-state index in [4.69, 9.17) is 15.5 Å². The Labute approximate surface area is 270 Å². The first-order valence-electron chi connectivity index (χ1n) is 16.1. The number of nitrogens with two attached hydrogens (primary N) is 1. The number of methoxy groups -OCH3 is 1. The summed E-state index contributed by atoms with van der Waals surface area (Å²) in [5.41, 5.74) is 12.1. The molecule has 244 valence electrons. The molecule has 2 heterocycles. The van der Waals surface area contributed by atoms with Crippen LogP contribution in [0.2, 0.25) is 0 Å². The molecule has 2 unspecified atom stereocenters. The van der Waals surface area contributed by atoms with Gasteiger partial charge in [0.1, 0.15) is 5.82 Å². The third-order valence-corrected chi connectivity index (χ3v) is 8.70. The number of para-hydroxylation sites is 2. The highest BCUT2D eigenvalue weighted by atomic mass is 16.5. The molecule has 0 bridgehead atoms. The first kappa shape index (κ1) is 33.3. The van der Waals surface area contributed by atoms with Crippen molar-refractivity contribution in [3.8, 4) is 11.1 Å². The summed E-state index contributed by atoms with van der Waals surface area (Å²) in [5, 5.41) is 21.0.